The van der Waals surface area contributed by atoms with Gasteiger partial charge in [-0.1, -0.05) is 39.0 Å². The molecule has 0 aliphatic carbocycles. The molecule has 5 heteroatoms. The molecule has 0 rings (SSSR count). The van der Waals surface area contributed by atoms with E-state index < -0.39 is 6.09 Å². The first kappa shape index (κ1) is 15.7. The molecule has 0 heterocycles. The van der Waals surface area contributed by atoms with E-state index in [1.807, 2.05) is 0 Å². The Morgan fingerprint density at radius 3 is 2.35 bits per heavy atom. The number of unbranched alkanes of at least 4 members (excludes halogenated alkanes) is 5. The van der Waals surface area contributed by atoms with Crippen LogP contribution in [0.4, 0.5) is 4.79 Å². The monoisotopic (exact) mass is 244 g/mol. The number of amides is 2. The van der Waals surface area contributed by atoms with Crippen LogP contribution in [0.1, 0.15) is 45.4 Å². The molecule has 2 amide bonds. The third-order valence-corrected chi connectivity index (χ3v) is 2.40. The van der Waals surface area contributed by atoms with Crippen LogP contribution in [0.5, 0.6) is 0 Å². The molecule has 0 radical (unpaired) electrons. The van der Waals surface area contributed by atoms with E-state index in [0.29, 0.717) is 6.61 Å². The van der Waals surface area contributed by atoms with Crippen molar-refractivity contribution < 1.29 is 14.3 Å². The normalized spacial score (nSPS) is 9.76. The van der Waals surface area contributed by atoms with Gasteiger partial charge in [0.05, 0.1) is 13.2 Å². The zero-order chi connectivity index (χ0) is 12.9. The van der Waals surface area contributed by atoms with E-state index >= 15 is 0 Å². The molecule has 0 aliphatic heterocycles. The molecular formula is C12H24N2O3. The molecule has 0 aromatic heterocycles. The van der Waals surface area contributed by atoms with Gasteiger partial charge >= 0.3 is 6.09 Å². The topological polar surface area (TPSA) is 67.4 Å². The molecular weight excluding hydrogens is 220 g/mol. The molecule has 0 saturated carbocycles. The van der Waals surface area contributed by atoms with Crippen LogP contribution in [0, 0.1) is 0 Å². The molecule has 0 fully saturated rings. The molecule has 0 unspecified atom stereocenters. The zero-order valence-corrected chi connectivity index (χ0v) is 10.9. The van der Waals surface area contributed by atoms with Gasteiger partial charge in [0.25, 0.3) is 0 Å². The van der Waals surface area contributed by atoms with E-state index in [2.05, 4.69) is 17.6 Å². The van der Waals surface area contributed by atoms with E-state index in [4.69, 9.17) is 4.74 Å². The van der Waals surface area contributed by atoms with Crippen molar-refractivity contribution >= 4 is 12.0 Å². The average Bonchev–Trinajstić information content (AvgIpc) is 2.34. The van der Waals surface area contributed by atoms with Crippen LogP contribution in [-0.4, -0.2) is 32.2 Å². The summed E-state index contributed by atoms with van der Waals surface area (Å²) in [5.41, 5.74) is 0. The van der Waals surface area contributed by atoms with Crippen LogP contribution in [0.25, 0.3) is 0 Å². The summed E-state index contributed by atoms with van der Waals surface area (Å²) < 4.78 is 4.91. The van der Waals surface area contributed by atoms with Crippen molar-refractivity contribution in [3.05, 3.63) is 0 Å². The van der Waals surface area contributed by atoms with Gasteiger partial charge in [0, 0.05) is 7.05 Å². The first-order valence-corrected chi connectivity index (χ1v) is 6.32. The lowest BCUT2D eigenvalue weighted by molar-refractivity contribution is -0.119. The molecule has 0 bridgehead atoms. The highest BCUT2D eigenvalue weighted by Gasteiger charge is 2.03. The minimum Gasteiger partial charge on any atom is -0.450 e. The summed E-state index contributed by atoms with van der Waals surface area (Å²) in [6, 6.07) is 0. The number of carbonyl (C=O) groups excluding carboxylic acids is 2. The molecule has 2 N–H and O–H groups in total. The highest BCUT2D eigenvalue weighted by Crippen LogP contribution is 2.04. The number of rotatable bonds is 9. The second-order valence-corrected chi connectivity index (χ2v) is 3.93. The highest BCUT2D eigenvalue weighted by atomic mass is 16.5. The van der Waals surface area contributed by atoms with Gasteiger partial charge < -0.3 is 15.4 Å². The molecule has 17 heavy (non-hydrogen) atoms. The van der Waals surface area contributed by atoms with Gasteiger partial charge in [0.15, 0.2) is 0 Å². The SMILES string of the molecule is CCCCCCCCOC(=O)NCC(=O)NC. The Kier molecular flexibility index (Phi) is 10.4. The van der Waals surface area contributed by atoms with Gasteiger partial charge in [-0.2, -0.15) is 0 Å². The van der Waals surface area contributed by atoms with Crippen molar-refractivity contribution in [2.75, 3.05) is 20.2 Å². The van der Waals surface area contributed by atoms with Crippen molar-refractivity contribution in [2.45, 2.75) is 45.4 Å². The van der Waals surface area contributed by atoms with Crippen molar-refractivity contribution in [1.29, 1.82) is 0 Å². The number of ether oxygens (including phenoxy) is 1. The van der Waals surface area contributed by atoms with Gasteiger partial charge in [-0.3, -0.25) is 4.79 Å². The Morgan fingerprint density at radius 1 is 1.06 bits per heavy atom. The fraction of sp³-hybridized carbons (Fsp3) is 0.833. The van der Waals surface area contributed by atoms with E-state index in [9.17, 15) is 9.59 Å². The second kappa shape index (κ2) is 11.2. The lowest BCUT2D eigenvalue weighted by Crippen LogP contribution is -2.35. The summed E-state index contributed by atoms with van der Waals surface area (Å²) in [6.07, 6.45) is 6.39. The highest BCUT2D eigenvalue weighted by molar-refractivity contribution is 5.81. The Bertz CT molecular complexity index is 220. The third-order valence-electron chi connectivity index (χ3n) is 2.40. The summed E-state index contributed by atoms with van der Waals surface area (Å²) >= 11 is 0. The number of alkyl carbamates (subject to hydrolysis) is 1. The van der Waals surface area contributed by atoms with Crippen LogP contribution in [0.2, 0.25) is 0 Å². The Hall–Kier alpha value is -1.26. The number of likely N-dealkylation sites (N-methyl/N-ethyl adjacent to an activating group) is 1. The van der Waals surface area contributed by atoms with Crippen LogP contribution in [0.3, 0.4) is 0 Å². The fourth-order valence-electron chi connectivity index (χ4n) is 1.34. The van der Waals surface area contributed by atoms with Gasteiger partial charge in [0.2, 0.25) is 5.91 Å². The predicted octanol–water partition coefficient (Wildman–Crippen LogP) is 1.82. The zero-order valence-electron chi connectivity index (χ0n) is 10.9. The van der Waals surface area contributed by atoms with E-state index in [1.54, 1.807) is 0 Å². The van der Waals surface area contributed by atoms with Gasteiger partial charge in [-0.15, -0.1) is 0 Å². The Balaban J connectivity index is 3.25. The van der Waals surface area contributed by atoms with Gasteiger partial charge in [-0.05, 0) is 6.42 Å². The first-order valence-electron chi connectivity index (χ1n) is 6.32. The quantitative estimate of drug-likeness (QED) is 0.608. The maximum Gasteiger partial charge on any atom is 0.407 e. The predicted molar refractivity (Wildman–Crippen MR) is 66.8 cm³/mol. The molecule has 5 nitrogen and oxygen atoms in total. The number of hydrogen-bond acceptors (Lipinski definition) is 3. The Morgan fingerprint density at radius 2 is 1.71 bits per heavy atom. The minimum absolute atomic E-state index is 0.0359. The number of nitrogens with one attached hydrogen (secondary N) is 2. The summed E-state index contributed by atoms with van der Waals surface area (Å²) in [6.45, 7) is 2.57. The molecule has 0 atom stereocenters. The lowest BCUT2D eigenvalue weighted by Gasteiger charge is -2.06. The van der Waals surface area contributed by atoms with E-state index in [1.165, 1.54) is 32.7 Å². The summed E-state index contributed by atoms with van der Waals surface area (Å²) in [5.74, 6) is -0.235. The Labute approximate surface area is 103 Å². The molecule has 0 aromatic carbocycles. The van der Waals surface area contributed by atoms with Crippen molar-refractivity contribution in [3.63, 3.8) is 0 Å². The average molecular weight is 244 g/mol. The maximum absolute atomic E-state index is 11.1. The molecule has 100 valence electrons. The van der Waals surface area contributed by atoms with Crippen LogP contribution >= 0.6 is 0 Å². The van der Waals surface area contributed by atoms with Gasteiger partial charge in [0.1, 0.15) is 0 Å². The van der Waals surface area contributed by atoms with Gasteiger partial charge in [-0.25, -0.2) is 4.79 Å². The molecule has 0 aliphatic rings. The largest absolute Gasteiger partial charge is 0.450 e. The molecule has 0 aromatic rings. The number of carbonyl (C=O) groups is 2. The maximum atomic E-state index is 11.1. The van der Waals surface area contributed by atoms with E-state index in [0.717, 1.165) is 12.8 Å². The van der Waals surface area contributed by atoms with Crippen molar-refractivity contribution in [3.8, 4) is 0 Å². The lowest BCUT2D eigenvalue weighted by atomic mass is 10.1. The third kappa shape index (κ3) is 11.0. The fourth-order valence-corrected chi connectivity index (χ4v) is 1.34. The molecule has 0 spiro atoms. The van der Waals surface area contributed by atoms with Crippen molar-refractivity contribution in [2.24, 2.45) is 0 Å². The molecule has 0 saturated heterocycles. The summed E-state index contributed by atoms with van der Waals surface area (Å²) in [5, 5.41) is 4.78. The van der Waals surface area contributed by atoms with Crippen LogP contribution in [-0.2, 0) is 9.53 Å². The van der Waals surface area contributed by atoms with E-state index in [-0.39, 0.29) is 12.5 Å². The van der Waals surface area contributed by atoms with Crippen LogP contribution in [0.15, 0.2) is 0 Å². The van der Waals surface area contributed by atoms with Crippen LogP contribution < -0.4 is 10.6 Å². The first-order chi connectivity index (χ1) is 8.20. The summed E-state index contributed by atoms with van der Waals surface area (Å²) in [7, 11) is 1.52. The standard InChI is InChI=1S/C12H24N2O3/c1-3-4-5-6-7-8-9-17-12(16)14-10-11(15)13-2/h3-10H2,1-2H3,(H,13,15)(H,14,16). The minimum atomic E-state index is -0.526. The smallest absolute Gasteiger partial charge is 0.407 e. The second-order valence-electron chi connectivity index (χ2n) is 3.93. The van der Waals surface area contributed by atoms with Crippen molar-refractivity contribution in [1.82, 2.24) is 10.6 Å². The number of hydrogen-bond donors (Lipinski definition) is 2. The summed E-state index contributed by atoms with van der Waals surface area (Å²) in [4.78, 5) is 21.9.